The molecule has 0 spiro atoms. The van der Waals surface area contributed by atoms with Crippen LogP contribution in [-0.4, -0.2) is 80.4 Å². The molecule has 15 nitrogen and oxygen atoms in total. The van der Waals surface area contributed by atoms with Gasteiger partial charge in [0.1, 0.15) is 18.1 Å². The van der Waals surface area contributed by atoms with Gasteiger partial charge in [0.25, 0.3) is 0 Å². The molecule has 0 fully saturated rings. The molecule has 4 atom stereocenters. The molecule has 0 aliphatic heterocycles. The lowest BCUT2D eigenvalue weighted by molar-refractivity contribution is -0.142. The Bertz CT molecular complexity index is 1690. The van der Waals surface area contributed by atoms with Crippen LogP contribution in [0, 0.1) is 0 Å². The summed E-state index contributed by atoms with van der Waals surface area (Å²) in [5.74, 6) is -3.14. The predicted molar refractivity (Wildman–Crippen MR) is 180 cm³/mol. The van der Waals surface area contributed by atoms with E-state index in [1.807, 2.05) is 54.6 Å². The third-order valence-corrected chi connectivity index (χ3v) is 7.80. The van der Waals surface area contributed by atoms with Gasteiger partial charge in [-0.2, -0.15) is 0 Å². The highest BCUT2D eigenvalue weighted by Crippen LogP contribution is 2.19. The summed E-state index contributed by atoms with van der Waals surface area (Å²) < 4.78 is 0. The number of guanidine groups is 1. The van der Waals surface area contributed by atoms with Gasteiger partial charge in [-0.15, -0.1) is 0 Å². The average molecular weight is 659 g/mol. The molecule has 0 radical (unpaired) electrons. The van der Waals surface area contributed by atoms with Crippen LogP contribution in [-0.2, 0) is 38.4 Å². The van der Waals surface area contributed by atoms with Crippen LogP contribution in [0.1, 0.15) is 36.1 Å². The van der Waals surface area contributed by atoms with Crippen molar-refractivity contribution in [3.8, 4) is 0 Å². The van der Waals surface area contributed by atoms with E-state index >= 15 is 0 Å². The van der Waals surface area contributed by atoms with Crippen LogP contribution in [0.5, 0.6) is 0 Å². The maximum atomic E-state index is 13.9. The van der Waals surface area contributed by atoms with Crippen molar-refractivity contribution in [3.05, 3.63) is 90.1 Å². The van der Waals surface area contributed by atoms with E-state index in [1.54, 1.807) is 6.20 Å². The molecule has 3 amide bonds. The number of nitrogens with two attached hydrogens (primary N) is 3. The number of carbonyl (C=O) groups excluding carboxylic acids is 3. The van der Waals surface area contributed by atoms with E-state index in [2.05, 4.69) is 35.9 Å². The minimum atomic E-state index is -1.30. The Kier molecular flexibility index (Phi) is 12.7. The maximum absolute atomic E-state index is 13.9. The molecule has 0 saturated heterocycles. The number of imidazole rings is 1. The van der Waals surface area contributed by atoms with E-state index in [1.165, 1.54) is 12.5 Å². The summed E-state index contributed by atoms with van der Waals surface area (Å²) >= 11 is 0. The monoisotopic (exact) mass is 658 g/mol. The lowest BCUT2D eigenvalue weighted by Crippen LogP contribution is -2.58. The molecule has 4 aromatic rings. The number of carboxylic acids is 1. The summed E-state index contributed by atoms with van der Waals surface area (Å²) in [5.41, 5.74) is 19.7. The molecule has 254 valence electrons. The van der Waals surface area contributed by atoms with Crippen LogP contribution < -0.4 is 33.2 Å². The first kappa shape index (κ1) is 35.2. The van der Waals surface area contributed by atoms with E-state index in [0.717, 1.165) is 22.0 Å². The van der Waals surface area contributed by atoms with Crippen molar-refractivity contribution in [2.75, 3.05) is 6.54 Å². The van der Waals surface area contributed by atoms with Crippen molar-refractivity contribution in [3.63, 3.8) is 0 Å². The number of rotatable bonds is 18. The zero-order valence-corrected chi connectivity index (χ0v) is 26.4. The van der Waals surface area contributed by atoms with Crippen molar-refractivity contribution in [1.29, 1.82) is 0 Å². The van der Waals surface area contributed by atoms with Crippen molar-refractivity contribution < 1.29 is 24.3 Å². The molecule has 2 aromatic carbocycles. The molecular formula is C33H42N10O5. The number of fused-ring (bicyclic) bond motifs is 1. The Morgan fingerprint density at radius 3 is 2.17 bits per heavy atom. The second-order valence-corrected chi connectivity index (χ2v) is 11.5. The number of carbonyl (C=O) groups is 4. The predicted octanol–water partition coefficient (Wildman–Crippen LogP) is 0.229. The first-order valence-electron chi connectivity index (χ1n) is 15.6. The molecule has 0 aliphatic carbocycles. The van der Waals surface area contributed by atoms with E-state index in [-0.39, 0.29) is 25.2 Å². The van der Waals surface area contributed by atoms with Crippen LogP contribution in [0.15, 0.2) is 78.3 Å². The first-order valence-corrected chi connectivity index (χ1v) is 15.6. The minimum absolute atomic E-state index is 0.0141. The van der Waals surface area contributed by atoms with Crippen molar-refractivity contribution in [1.82, 2.24) is 30.9 Å². The summed E-state index contributed by atoms with van der Waals surface area (Å²) in [6.45, 7) is 0.403. The summed E-state index contributed by atoms with van der Waals surface area (Å²) in [7, 11) is 0. The molecule has 12 N–H and O–H groups in total. The first-order chi connectivity index (χ1) is 23.1. The van der Waals surface area contributed by atoms with Crippen molar-refractivity contribution in [2.45, 2.75) is 62.7 Å². The Balaban J connectivity index is 1.54. The molecule has 0 aliphatic rings. The molecule has 48 heavy (non-hydrogen) atoms. The van der Waals surface area contributed by atoms with Gasteiger partial charge in [-0.25, -0.2) is 9.78 Å². The second kappa shape index (κ2) is 17.3. The fraction of sp³-hybridized carbons (Fsp3) is 0.333. The van der Waals surface area contributed by atoms with Crippen LogP contribution in [0.4, 0.5) is 0 Å². The summed E-state index contributed by atoms with van der Waals surface area (Å²) in [6.07, 6.45) is 6.27. The molecule has 2 heterocycles. The number of H-pyrrole nitrogens is 2. The Morgan fingerprint density at radius 1 is 0.812 bits per heavy atom. The number of aromatic amines is 2. The number of aliphatic carboxylic acids is 1. The average Bonchev–Trinajstić information content (AvgIpc) is 3.74. The summed E-state index contributed by atoms with van der Waals surface area (Å²) in [5, 5.41) is 18.8. The molecule has 2 aromatic heterocycles. The van der Waals surface area contributed by atoms with Crippen LogP contribution in [0.3, 0.4) is 0 Å². The van der Waals surface area contributed by atoms with Gasteiger partial charge in [0.2, 0.25) is 17.7 Å². The van der Waals surface area contributed by atoms with Gasteiger partial charge in [-0.3, -0.25) is 19.4 Å². The van der Waals surface area contributed by atoms with Crippen molar-refractivity contribution in [2.24, 2.45) is 22.2 Å². The van der Waals surface area contributed by atoms with Gasteiger partial charge in [0.15, 0.2) is 5.96 Å². The smallest absolute Gasteiger partial charge is 0.326 e. The van der Waals surface area contributed by atoms with E-state index in [9.17, 15) is 24.3 Å². The zero-order chi connectivity index (χ0) is 34.5. The van der Waals surface area contributed by atoms with Crippen LogP contribution in [0.2, 0.25) is 0 Å². The van der Waals surface area contributed by atoms with Gasteiger partial charge in [-0.1, -0.05) is 48.5 Å². The number of aliphatic imine (C=N–C) groups is 1. The van der Waals surface area contributed by atoms with Crippen LogP contribution in [0.25, 0.3) is 10.9 Å². The quantitative estimate of drug-likeness (QED) is 0.0402. The fourth-order valence-electron chi connectivity index (χ4n) is 5.24. The van der Waals surface area contributed by atoms with Gasteiger partial charge in [0, 0.05) is 54.8 Å². The highest BCUT2D eigenvalue weighted by atomic mass is 16.4. The highest BCUT2D eigenvalue weighted by molar-refractivity contribution is 5.95. The third kappa shape index (κ3) is 10.4. The molecule has 0 unspecified atom stereocenters. The number of unbranched alkanes of at least 4 members (excludes halogenated alkanes) is 1. The molecule has 4 rings (SSSR count). The van der Waals surface area contributed by atoms with Crippen molar-refractivity contribution >= 4 is 40.6 Å². The van der Waals surface area contributed by atoms with Gasteiger partial charge >= 0.3 is 5.97 Å². The Labute approximate surface area is 277 Å². The number of hydrogen-bond donors (Lipinski definition) is 9. The van der Waals surface area contributed by atoms with Gasteiger partial charge in [0.05, 0.1) is 12.4 Å². The standard InChI is InChI=1S/C33H42N10O5/c34-24(11-6-7-13-38-33(35)36)29(44)41-26(14-20-8-2-1-3-9-20)30(45)42-27(15-21-17-39-25-12-5-4-10-23(21)25)31(46)43-28(32(47)48)16-22-18-37-19-40-22/h1-5,8-10,12,17-19,24,26-28,39H,6-7,11,13-16,34H2,(H,37,40)(H,41,44)(H,42,45)(H,43,46)(H,47,48)(H4,35,36,38)/t24-,26-,27-,28-/m0/s1. The van der Waals surface area contributed by atoms with E-state index in [0.29, 0.717) is 31.5 Å². The number of nitrogens with one attached hydrogen (secondary N) is 5. The molecular weight excluding hydrogens is 616 g/mol. The largest absolute Gasteiger partial charge is 0.480 e. The van der Waals surface area contributed by atoms with E-state index < -0.39 is 47.9 Å². The Morgan fingerprint density at radius 2 is 1.48 bits per heavy atom. The highest BCUT2D eigenvalue weighted by Gasteiger charge is 2.31. The molecule has 0 bridgehead atoms. The number of carboxylic acid groups (broad SMARTS) is 1. The SMILES string of the molecule is NC(N)=NCCCC[C@H](N)C(=O)N[C@@H](Cc1ccccc1)C(=O)N[C@@H](Cc1c[nH]c2ccccc12)C(=O)N[C@@H](Cc1cnc[nH]1)C(=O)O. The molecule has 0 saturated carbocycles. The second-order valence-electron chi connectivity index (χ2n) is 11.5. The fourth-order valence-corrected chi connectivity index (χ4v) is 5.24. The summed E-state index contributed by atoms with van der Waals surface area (Å²) in [6, 6.07) is 12.1. The van der Waals surface area contributed by atoms with Gasteiger partial charge in [-0.05, 0) is 36.5 Å². The zero-order valence-electron chi connectivity index (χ0n) is 26.4. The third-order valence-electron chi connectivity index (χ3n) is 7.80. The normalized spacial score (nSPS) is 13.5. The minimum Gasteiger partial charge on any atom is -0.480 e. The lowest BCUT2D eigenvalue weighted by Gasteiger charge is -2.25. The van der Waals surface area contributed by atoms with Crippen LogP contribution >= 0.6 is 0 Å². The number of hydrogen-bond acceptors (Lipinski definition) is 7. The topological polar surface area (TPSA) is 259 Å². The molecule has 15 heteroatoms. The number of amides is 3. The number of nitrogens with zero attached hydrogens (tertiary/aromatic N) is 2. The lowest BCUT2D eigenvalue weighted by atomic mass is 10.0. The number of para-hydroxylation sites is 1. The van der Waals surface area contributed by atoms with Gasteiger partial charge < -0.3 is 48.2 Å². The Hall–Kier alpha value is -5.70. The number of benzene rings is 2. The van der Waals surface area contributed by atoms with E-state index in [4.69, 9.17) is 17.2 Å². The number of aromatic nitrogens is 3. The summed E-state index contributed by atoms with van der Waals surface area (Å²) in [4.78, 5) is 66.8. The maximum Gasteiger partial charge on any atom is 0.326 e.